The van der Waals surface area contributed by atoms with Crippen LogP contribution in [0.25, 0.3) is 10.8 Å². The Balaban J connectivity index is 1.98. The minimum absolute atomic E-state index is 0.575. The third-order valence-electron chi connectivity index (χ3n) is 4.02. The van der Waals surface area contributed by atoms with Gasteiger partial charge in [-0.05, 0) is 44.1 Å². The average molecular weight is 287 g/mol. The number of anilines is 1. The largest absolute Gasteiger partial charge is 0.497 e. The van der Waals surface area contributed by atoms with Crippen LogP contribution in [0.1, 0.15) is 25.0 Å². The summed E-state index contributed by atoms with van der Waals surface area (Å²) in [4.78, 5) is 2.44. The number of benzene rings is 1. The summed E-state index contributed by atoms with van der Waals surface area (Å²) in [6.45, 7) is 3.10. The molecule has 1 aromatic heterocycles. The van der Waals surface area contributed by atoms with E-state index in [1.165, 1.54) is 19.3 Å². The fourth-order valence-corrected chi connectivity index (χ4v) is 2.87. The Morgan fingerprint density at radius 3 is 2.71 bits per heavy atom. The first-order chi connectivity index (χ1) is 10.3. The van der Waals surface area contributed by atoms with Gasteiger partial charge in [0.15, 0.2) is 5.82 Å². The molecule has 112 valence electrons. The van der Waals surface area contributed by atoms with Crippen molar-refractivity contribution < 1.29 is 4.74 Å². The molecule has 0 spiro atoms. The standard InChI is InChI=1S/C15H21N5O/c1-21-11-5-6-12-13(9-11)15(17-16)19-18-14(12)10-20-7-3-2-4-8-20/h5-6,9H,2-4,7-8,10,16H2,1H3,(H,17,19). The number of nitrogens with zero attached hydrogens (tertiary/aromatic N) is 3. The predicted octanol–water partition coefficient (Wildman–Crippen LogP) is 1.91. The number of nitrogens with two attached hydrogens (primary N) is 1. The van der Waals surface area contributed by atoms with Crippen molar-refractivity contribution in [2.45, 2.75) is 25.8 Å². The zero-order valence-corrected chi connectivity index (χ0v) is 12.3. The molecule has 1 aliphatic heterocycles. The third kappa shape index (κ3) is 2.91. The normalized spacial score (nSPS) is 16.1. The number of nitrogens with one attached hydrogen (secondary N) is 1. The maximum absolute atomic E-state index is 5.54. The summed E-state index contributed by atoms with van der Waals surface area (Å²) in [5.74, 6) is 6.90. The number of ether oxygens (including phenoxy) is 1. The topological polar surface area (TPSA) is 76.3 Å². The lowest BCUT2D eigenvalue weighted by molar-refractivity contribution is 0.219. The molecule has 2 aromatic rings. The van der Waals surface area contributed by atoms with Crippen molar-refractivity contribution in [1.29, 1.82) is 0 Å². The van der Waals surface area contributed by atoms with E-state index in [1.54, 1.807) is 7.11 Å². The SMILES string of the molecule is COc1ccc2c(CN3CCCCC3)nnc(NN)c2c1. The highest BCUT2D eigenvalue weighted by Gasteiger charge is 2.15. The predicted molar refractivity (Wildman–Crippen MR) is 83.0 cm³/mol. The number of nitrogen functional groups attached to an aromatic ring is 1. The van der Waals surface area contributed by atoms with Gasteiger partial charge in [-0.1, -0.05) is 6.42 Å². The zero-order valence-electron chi connectivity index (χ0n) is 12.3. The highest BCUT2D eigenvalue weighted by atomic mass is 16.5. The molecule has 0 bridgehead atoms. The number of hydrazine groups is 1. The third-order valence-corrected chi connectivity index (χ3v) is 4.02. The van der Waals surface area contributed by atoms with E-state index >= 15 is 0 Å². The quantitative estimate of drug-likeness (QED) is 0.661. The second kappa shape index (κ2) is 6.24. The maximum atomic E-state index is 5.54. The van der Waals surface area contributed by atoms with E-state index in [0.717, 1.165) is 41.9 Å². The van der Waals surface area contributed by atoms with Gasteiger partial charge < -0.3 is 10.2 Å². The summed E-state index contributed by atoms with van der Waals surface area (Å²) in [6.07, 6.45) is 3.86. The van der Waals surface area contributed by atoms with E-state index in [2.05, 4.69) is 20.5 Å². The van der Waals surface area contributed by atoms with Gasteiger partial charge in [-0.2, -0.15) is 5.10 Å². The molecular weight excluding hydrogens is 266 g/mol. The fourth-order valence-electron chi connectivity index (χ4n) is 2.87. The summed E-state index contributed by atoms with van der Waals surface area (Å²) in [5, 5.41) is 10.6. The minimum Gasteiger partial charge on any atom is -0.497 e. The Hall–Kier alpha value is -1.92. The molecule has 0 unspecified atom stereocenters. The molecule has 0 amide bonds. The molecule has 3 N–H and O–H groups in total. The van der Waals surface area contributed by atoms with E-state index in [-0.39, 0.29) is 0 Å². The molecule has 1 aliphatic rings. The van der Waals surface area contributed by atoms with Crippen LogP contribution in [-0.2, 0) is 6.54 Å². The molecule has 1 saturated heterocycles. The fraction of sp³-hybridized carbons (Fsp3) is 0.467. The van der Waals surface area contributed by atoms with Gasteiger partial charge in [0.25, 0.3) is 0 Å². The number of rotatable bonds is 4. The van der Waals surface area contributed by atoms with Crippen LogP contribution in [0.2, 0.25) is 0 Å². The van der Waals surface area contributed by atoms with Crippen LogP contribution in [0.5, 0.6) is 5.75 Å². The van der Waals surface area contributed by atoms with Crippen molar-refractivity contribution in [3.63, 3.8) is 0 Å². The van der Waals surface area contributed by atoms with E-state index < -0.39 is 0 Å². The van der Waals surface area contributed by atoms with Gasteiger partial charge in [0.1, 0.15) is 5.75 Å². The van der Waals surface area contributed by atoms with Crippen LogP contribution in [0.15, 0.2) is 18.2 Å². The van der Waals surface area contributed by atoms with Gasteiger partial charge in [0, 0.05) is 17.3 Å². The van der Waals surface area contributed by atoms with E-state index in [4.69, 9.17) is 10.6 Å². The molecule has 0 saturated carbocycles. The summed E-state index contributed by atoms with van der Waals surface area (Å²) in [7, 11) is 1.65. The molecule has 0 atom stereocenters. The van der Waals surface area contributed by atoms with Gasteiger partial charge in [0.05, 0.1) is 12.8 Å². The number of hydrogen-bond donors (Lipinski definition) is 2. The highest BCUT2D eigenvalue weighted by molar-refractivity contribution is 5.93. The van der Waals surface area contributed by atoms with Crippen molar-refractivity contribution in [2.24, 2.45) is 5.84 Å². The van der Waals surface area contributed by atoms with Gasteiger partial charge >= 0.3 is 0 Å². The van der Waals surface area contributed by atoms with Gasteiger partial charge in [-0.25, -0.2) is 5.84 Å². The number of piperidine rings is 1. The Bertz CT molecular complexity index is 625. The average Bonchev–Trinajstić information content (AvgIpc) is 2.55. The molecular formula is C15H21N5O. The van der Waals surface area contributed by atoms with Crippen LogP contribution in [0.3, 0.4) is 0 Å². The second-order valence-electron chi connectivity index (χ2n) is 5.39. The van der Waals surface area contributed by atoms with Crippen molar-refractivity contribution in [3.05, 3.63) is 23.9 Å². The first-order valence-corrected chi connectivity index (χ1v) is 7.34. The van der Waals surface area contributed by atoms with Crippen LogP contribution in [-0.4, -0.2) is 35.3 Å². The highest BCUT2D eigenvalue weighted by Crippen LogP contribution is 2.28. The van der Waals surface area contributed by atoms with Crippen molar-refractivity contribution in [1.82, 2.24) is 15.1 Å². The molecule has 1 aromatic carbocycles. The molecule has 6 nitrogen and oxygen atoms in total. The van der Waals surface area contributed by atoms with E-state index in [9.17, 15) is 0 Å². The molecule has 2 heterocycles. The summed E-state index contributed by atoms with van der Waals surface area (Å²) in [5.41, 5.74) is 3.60. The first-order valence-electron chi connectivity index (χ1n) is 7.34. The van der Waals surface area contributed by atoms with E-state index in [0.29, 0.717) is 5.82 Å². The van der Waals surface area contributed by atoms with Gasteiger partial charge in [-0.3, -0.25) is 4.90 Å². The zero-order chi connectivity index (χ0) is 14.7. The van der Waals surface area contributed by atoms with Gasteiger partial charge in [-0.15, -0.1) is 5.10 Å². The van der Waals surface area contributed by atoms with Crippen LogP contribution < -0.4 is 16.0 Å². The molecule has 21 heavy (non-hydrogen) atoms. The van der Waals surface area contributed by atoms with Crippen LogP contribution in [0, 0.1) is 0 Å². The van der Waals surface area contributed by atoms with Gasteiger partial charge in [0.2, 0.25) is 0 Å². The lowest BCUT2D eigenvalue weighted by Crippen LogP contribution is -2.29. The smallest absolute Gasteiger partial charge is 0.170 e. The summed E-state index contributed by atoms with van der Waals surface area (Å²) >= 11 is 0. The van der Waals surface area contributed by atoms with E-state index in [1.807, 2.05) is 18.2 Å². The van der Waals surface area contributed by atoms with Crippen LogP contribution >= 0.6 is 0 Å². The lowest BCUT2D eigenvalue weighted by Gasteiger charge is -2.26. The monoisotopic (exact) mass is 287 g/mol. The number of methoxy groups -OCH3 is 1. The maximum Gasteiger partial charge on any atom is 0.170 e. The Labute approximate surface area is 124 Å². The Kier molecular flexibility index (Phi) is 4.17. The second-order valence-corrected chi connectivity index (χ2v) is 5.39. The number of hydrogen-bond acceptors (Lipinski definition) is 6. The number of fused-ring (bicyclic) bond motifs is 1. The number of likely N-dealkylation sites (tertiary alicyclic amines) is 1. The van der Waals surface area contributed by atoms with Crippen molar-refractivity contribution in [2.75, 3.05) is 25.6 Å². The Morgan fingerprint density at radius 1 is 1.19 bits per heavy atom. The molecule has 6 heteroatoms. The molecule has 0 radical (unpaired) electrons. The molecule has 1 fully saturated rings. The lowest BCUT2D eigenvalue weighted by atomic mass is 10.1. The summed E-state index contributed by atoms with van der Waals surface area (Å²) in [6, 6.07) is 5.92. The summed E-state index contributed by atoms with van der Waals surface area (Å²) < 4.78 is 5.28. The minimum atomic E-state index is 0.575. The molecule has 0 aliphatic carbocycles. The van der Waals surface area contributed by atoms with Crippen LogP contribution in [0.4, 0.5) is 5.82 Å². The Morgan fingerprint density at radius 2 is 2.00 bits per heavy atom. The molecule has 3 rings (SSSR count). The van der Waals surface area contributed by atoms with Crippen molar-refractivity contribution in [3.8, 4) is 5.75 Å². The van der Waals surface area contributed by atoms with Crippen molar-refractivity contribution >= 4 is 16.6 Å². The first kappa shape index (κ1) is 14.0. The number of aromatic nitrogens is 2.